The Morgan fingerprint density at radius 3 is 2.58 bits per heavy atom. The van der Waals surface area contributed by atoms with Crippen LogP contribution in [-0.4, -0.2) is 34.5 Å². The molecule has 0 atom stereocenters. The highest BCUT2D eigenvalue weighted by Crippen LogP contribution is 2.09. The third kappa shape index (κ3) is 6.01. The van der Waals surface area contributed by atoms with Crippen molar-refractivity contribution in [3.05, 3.63) is 17.6 Å². The van der Waals surface area contributed by atoms with Crippen LogP contribution in [0, 0.1) is 12.8 Å². The summed E-state index contributed by atoms with van der Waals surface area (Å²) >= 11 is 0. The topological polar surface area (TPSA) is 41.1 Å². The van der Waals surface area contributed by atoms with Crippen LogP contribution >= 0.6 is 0 Å². The molecule has 1 aromatic rings. The Kier molecular flexibility index (Phi) is 6.78. The fourth-order valence-electron chi connectivity index (χ4n) is 2.07. The Labute approximate surface area is 117 Å². The first-order chi connectivity index (χ1) is 9.05. The van der Waals surface area contributed by atoms with Gasteiger partial charge in [-0.1, -0.05) is 27.7 Å². The minimum atomic E-state index is 0.669. The van der Waals surface area contributed by atoms with E-state index in [4.69, 9.17) is 0 Å². The molecule has 4 nitrogen and oxygen atoms in total. The van der Waals surface area contributed by atoms with E-state index in [0.29, 0.717) is 5.92 Å². The lowest BCUT2D eigenvalue weighted by molar-refractivity contribution is 0.242. The van der Waals surface area contributed by atoms with E-state index >= 15 is 0 Å². The highest BCUT2D eigenvalue weighted by atomic mass is 15.2. The van der Waals surface area contributed by atoms with Gasteiger partial charge >= 0.3 is 0 Å². The zero-order chi connectivity index (χ0) is 14.3. The number of nitrogens with zero attached hydrogens (tertiary/aromatic N) is 3. The molecule has 0 aromatic carbocycles. The van der Waals surface area contributed by atoms with E-state index in [-0.39, 0.29) is 0 Å². The lowest BCUT2D eigenvalue weighted by Gasteiger charge is -2.22. The van der Waals surface area contributed by atoms with E-state index in [1.165, 1.54) is 0 Å². The fraction of sp³-hybridized carbons (Fsp3) is 0.733. The number of rotatable bonds is 8. The van der Waals surface area contributed by atoms with Crippen LogP contribution < -0.4 is 5.32 Å². The lowest BCUT2D eigenvalue weighted by Crippen LogP contribution is -2.28. The molecule has 1 heterocycles. The maximum absolute atomic E-state index is 4.60. The summed E-state index contributed by atoms with van der Waals surface area (Å²) in [6, 6.07) is 2.01. The lowest BCUT2D eigenvalue weighted by atomic mass is 10.2. The maximum Gasteiger partial charge on any atom is 0.144 e. The summed E-state index contributed by atoms with van der Waals surface area (Å²) in [5.74, 6) is 2.54. The summed E-state index contributed by atoms with van der Waals surface area (Å²) in [6.07, 6.45) is 1.10. The summed E-state index contributed by atoms with van der Waals surface area (Å²) in [5, 5.41) is 3.34. The van der Waals surface area contributed by atoms with Gasteiger partial charge in [0.05, 0.1) is 6.54 Å². The van der Waals surface area contributed by atoms with Crippen LogP contribution in [0.4, 0.5) is 5.82 Å². The number of hydrogen-bond donors (Lipinski definition) is 1. The van der Waals surface area contributed by atoms with Gasteiger partial charge in [0.25, 0.3) is 0 Å². The van der Waals surface area contributed by atoms with Crippen molar-refractivity contribution in [2.45, 2.75) is 47.6 Å². The summed E-state index contributed by atoms with van der Waals surface area (Å²) < 4.78 is 0. The van der Waals surface area contributed by atoms with Gasteiger partial charge in [0, 0.05) is 24.8 Å². The van der Waals surface area contributed by atoms with Gasteiger partial charge in [0.2, 0.25) is 0 Å². The van der Waals surface area contributed by atoms with Crippen molar-refractivity contribution in [1.29, 1.82) is 0 Å². The van der Waals surface area contributed by atoms with Crippen LogP contribution in [0.3, 0.4) is 0 Å². The molecule has 1 N–H and O–H groups in total. The minimum Gasteiger partial charge on any atom is -0.370 e. The van der Waals surface area contributed by atoms with Crippen molar-refractivity contribution >= 4 is 5.82 Å². The van der Waals surface area contributed by atoms with Gasteiger partial charge in [0.15, 0.2) is 0 Å². The molecular weight excluding hydrogens is 236 g/mol. The summed E-state index contributed by atoms with van der Waals surface area (Å²) in [7, 11) is 0. The minimum absolute atomic E-state index is 0.669. The second-order valence-corrected chi connectivity index (χ2v) is 5.46. The molecule has 0 aliphatic carbocycles. The van der Waals surface area contributed by atoms with Crippen molar-refractivity contribution in [3.63, 3.8) is 0 Å². The molecule has 108 valence electrons. The molecule has 0 bridgehead atoms. The number of aromatic nitrogens is 2. The van der Waals surface area contributed by atoms with E-state index in [1.54, 1.807) is 0 Å². The van der Waals surface area contributed by atoms with Crippen molar-refractivity contribution in [2.75, 3.05) is 25.0 Å². The number of nitrogens with one attached hydrogen (secondary N) is 1. The first-order valence-corrected chi connectivity index (χ1v) is 7.35. The Balaban J connectivity index is 2.73. The molecule has 0 unspecified atom stereocenters. The zero-order valence-corrected chi connectivity index (χ0v) is 13.0. The van der Waals surface area contributed by atoms with Crippen LogP contribution in [-0.2, 0) is 6.54 Å². The van der Waals surface area contributed by atoms with Gasteiger partial charge in [-0.3, -0.25) is 4.90 Å². The van der Waals surface area contributed by atoms with Crippen molar-refractivity contribution in [2.24, 2.45) is 5.92 Å². The summed E-state index contributed by atoms with van der Waals surface area (Å²) in [6.45, 7) is 14.8. The molecule has 1 aromatic heterocycles. The van der Waals surface area contributed by atoms with Crippen molar-refractivity contribution < 1.29 is 0 Å². The van der Waals surface area contributed by atoms with Gasteiger partial charge in [-0.25, -0.2) is 9.97 Å². The number of hydrogen-bond acceptors (Lipinski definition) is 4. The molecule has 0 aliphatic heterocycles. The van der Waals surface area contributed by atoms with E-state index in [2.05, 4.69) is 47.9 Å². The Hall–Kier alpha value is -1.16. The summed E-state index contributed by atoms with van der Waals surface area (Å²) in [4.78, 5) is 11.5. The van der Waals surface area contributed by atoms with Crippen LogP contribution in [0.15, 0.2) is 6.07 Å². The second kappa shape index (κ2) is 8.10. The first-order valence-electron chi connectivity index (χ1n) is 7.35. The largest absolute Gasteiger partial charge is 0.370 e. The Bertz CT molecular complexity index is 376. The molecule has 1 rings (SSSR count). The second-order valence-electron chi connectivity index (χ2n) is 5.46. The molecule has 19 heavy (non-hydrogen) atoms. The normalized spacial score (nSPS) is 11.3. The van der Waals surface area contributed by atoms with Gasteiger partial charge in [-0.15, -0.1) is 0 Å². The highest BCUT2D eigenvalue weighted by Gasteiger charge is 2.09. The third-order valence-electron chi connectivity index (χ3n) is 2.89. The quantitative estimate of drug-likeness (QED) is 0.783. The molecule has 0 radical (unpaired) electrons. The highest BCUT2D eigenvalue weighted by molar-refractivity contribution is 5.35. The predicted molar refractivity (Wildman–Crippen MR) is 81.3 cm³/mol. The molecule has 0 aliphatic rings. The van der Waals surface area contributed by atoms with Crippen LogP contribution in [0.1, 0.15) is 45.6 Å². The standard InChI is InChI=1S/C15H28N4/c1-6-8-16-14-9-13(5)17-15(18-14)11-19(7-2)10-12(3)4/h9,12H,6-8,10-11H2,1-5H3,(H,16,17,18). The van der Waals surface area contributed by atoms with Crippen LogP contribution in [0.2, 0.25) is 0 Å². The molecule has 4 heteroatoms. The van der Waals surface area contributed by atoms with Crippen molar-refractivity contribution in [1.82, 2.24) is 14.9 Å². The van der Waals surface area contributed by atoms with E-state index in [1.807, 2.05) is 13.0 Å². The van der Waals surface area contributed by atoms with Crippen LogP contribution in [0.25, 0.3) is 0 Å². The number of anilines is 1. The summed E-state index contributed by atoms with van der Waals surface area (Å²) in [5.41, 5.74) is 1.03. The molecule has 0 fully saturated rings. The third-order valence-corrected chi connectivity index (χ3v) is 2.89. The Morgan fingerprint density at radius 1 is 1.26 bits per heavy atom. The average molecular weight is 264 g/mol. The smallest absolute Gasteiger partial charge is 0.144 e. The van der Waals surface area contributed by atoms with E-state index < -0.39 is 0 Å². The SMILES string of the molecule is CCCNc1cc(C)nc(CN(CC)CC(C)C)n1. The molecular formula is C15H28N4. The van der Waals surface area contributed by atoms with Gasteiger partial charge in [0.1, 0.15) is 11.6 Å². The predicted octanol–water partition coefficient (Wildman–Crippen LogP) is 3.08. The van der Waals surface area contributed by atoms with Gasteiger partial charge in [-0.05, 0) is 25.8 Å². The monoisotopic (exact) mass is 264 g/mol. The first kappa shape index (κ1) is 15.9. The fourth-order valence-corrected chi connectivity index (χ4v) is 2.07. The van der Waals surface area contributed by atoms with Gasteiger partial charge in [-0.2, -0.15) is 0 Å². The number of aryl methyl sites for hydroxylation is 1. The van der Waals surface area contributed by atoms with E-state index in [9.17, 15) is 0 Å². The zero-order valence-electron chi connectivity index (χ0n) is 13.0. The molecule has 0 saturated carbocycles. The molecule has 0 saturated heterocycles. The molecule has 0 amide bonds. The Morgan fingerprint density at radius 2 is 2.00 bits per heavy atom. The van der Waals surface area contributed by atoms with Gasteiger partial charge < -0.3 is 5.32 Å². The molecule has 0 spiro atoms. The van der Waals surface area contributed by atoms with Crippen LogP contribution in [0.5, 0.6) is 0 Å². The average Bonchev–Trinajstić information content (AvgIpc) is 2.34. The van der Waals surface area contributed by atoms with E-state index in [0.717, 1.165) is 49.9 Å². The van der Waals surface area contributed by atoms with Crippen molar-refractivity contribution in [3.8, 4) is 0 Å². The maximum atomic E-state index is 4.60.